The Balaban J connectivity index is 0. The minimum Gasteiger partial charge on any atom is -0.481 e. The highest BCUT2D eigenvalue weighted by molar-refractivity contribution is 5.85. The molecule has 1 atom stereocenters. The van der Waals surface area contributed by atoms with Gasteiger partial charge < -0.3 is 10.0 Å². The van der Waals surface area contributed by atoms with E-state index in [2.05, 4.69) is 18.7 Å². The van der Waals surface area contributed by atoms with Crippen molar-refractivity contribution < 1.29 is 9.90 Å². The Hall–Kier alpha value is 0.01000. The van der Waals surface area contributed by atoms with Crippen molar-refractivity contribution in [3.63, 3.8) is 0 Å². The summed E-state index contributed by atoms with van der Waals surface area (Å²) in [5, 5.41) is 9.31. The molecule has 0 amide bonds. The summed E-state index contributed by atoms with van der Waals surface area (Å²) in [6, 6.07) is 0. The van der Waals surface area contributed by atoms with Crippen LogP contribution in [0.15, 0.2) is 0 Å². The average Bonchev–Trinajstić information content (AvgIpc) is 2.31. The third-order valence-electron chi connectivity index (χ3n) is 3.93. The fourth-order valence-corrected chi connectivity index (χ4v) is 2.88. The van der Waals surface area contributed by atoms with E-state index in [1.165, 1.54) is 13.0 Å². The van der Waals surface area contributed by atoms with Crippen LogP contribution in [-0.4, -0.2) is 35.6 Å². The smallest absolute Gasteiger partial charge is 0.306 e. The van der Waals surface area contributed by atoms with Crippen LogP contribution in [0.1, 0.15) is 52.4 Å². The molecule has 0 aromatic rings. The highest BCUT2D eigenvalue weighted by Crippen LogP contribution is 2.29. The van der Waals surface area contributed by atoms with Crippen LogP contribution in [0.25, 0.3) is 0 Å². The van der Waals surface area contributed by atoms with Crippen LogP contribution in [0.4, 0.5) is 0 Å². The maximum atomic E-state index is 11.3. The fourth-order valence-electron chi connectivity index (χ4n) is 2.88. The highest BCUT2D eigenvalue weighted by Gasteiger charge is 2.30. The standard InChI is InChI=1S/C14H27NO2.2ClH/c1-3-5-6-13(14(16)17)12-7-10-15(9-4-2)11-8-12;;/h12-13H,3-11H2,1-2H3,(H,16,17);2*1H. The first-order valence-electron chi connectivity index (χ1n) is 7.14. The number of carboxylic acids is 1. The number of nitrogens with zero attached hydrogens (tertiary/aromatic N) is 1. The second kappa shape index (κ2) is 11.8. The first-order valence-corrected chi connectivity index (χ1v) is 7.14. The Morgan fingerprint density at radius 3 is 2.21 bits per heavy atom. The molecule has 3 nitrogen and oxygen atoms in total. The summed E-state index contributed by atoms with van der Waals surface area (Å²) in [6.45, 7) is 7.68. The van der Waals surface area contributed by atoms with Crippen LogP contribution in [0.2, 0.25) is 0 Å². The lowest BCUT2D eigenvalue weighted by Crippen LogP contribution is -2.38. The molecule has 0 aromatic heterocycles. The summed E-state index contributed by atoms with van der Waals surface area (Å²) >= 11 is 0. The van der Waals surface area contributed by atoms with Gasteiger partial charge in [-0.15, -0.1) is 24.8 Å². The summed E-state index contributed by atoms with van der Waals surface area (Å²) in [5.41, 5.74) is 0. The van der Waals surface area contributed by atoms with Crippen LogP contribution < -0.4 is 0 Å². The molecule has 1 heterocycles. The van der Waals surface area contributed by atoms with Crippen LogP contribution in [0, 0.1) is 11.8 Å². The molecule has 0 aromatic carbocycles. The minimum absolute atomic E-state index is 0. The van der Waals surface area contributed by atoms with Gasteiger partial charge in [-0.3, -0.25) is 4.79 Å². The normalized spacial score (nSPS) is 18.2. The van der Waals surface area contributed by atoms with E-state index >= 15 is 0 Å². The molecular formula is C14H29Cl2NO2. The van der Waals surface area contributed by atoms with Gasteiger partial charge in [-0.1, -0.05) is 26.7 Å². The molecule has 0 bridgehead atoms. The van der Waals surface area contributed by atoms with Crippen molar-refractivity contribution in [2.45, 2.75) is 52.4 Å². The van der Waals surface area contributed by atoms with Crippen LogP contribution >= 0.6 is 24.8 Å². The molecule has 1 aliphatic rings. The Morgan fingerprint density at radius 1 is 1.21 bits per heavy atom. The molecular weight excluding hydrogens is 285 g/mol. The van der Waals surface area contributed by atoms with Gasteiger partial charge in [0.15, 0.2) is 0 Å². The van der Waals surface area contributed by atoms with E-state index in [1.807, 2.05) is 0 Å². The quantitative estimate of drug-likeness (QED) is 0.776. The van der Waals surface area contributed by atoms with Gasteiger partial charge in [-0.05, 0) is 51.2 Å². The number of hydrogen-bond acceptors (Lipinski definition) is 2. The van der Waals surface area contributed by atoms with Crippen LogP contribution in [0.5, 0.6) is 0 Å². The number of likely N-dealkylation sites (tertiary alicyclic amines) is 1. The summed E-state index contributed by atoms with van der Waals surface area (Å²) in [4.78, 5) is 13.8. The summed E-state index contributed by atoms with van der Waals surface area (Å²) in [6.07, 6.45) is 6.35. The van der Waals surface area contributed by atoms with Crippen molar-refractivity contribution in [3.8, 4) is 0 Å². The SMILES string of the molecule is CCCCC(C(=O)O)C1CCN(CCC)CC1.Cl.Cl. The lowest BCUT2D eigenvalue weighted by atomic mass is 9.81. The Labute approximate surface area is 129 Å². The maximum Gasteiger partial charge on any atom is 0.306 e. The molecule has 0 radical (unpaired) electrons. The largest absolute Gasteiger partial charge is 0.481 e. The predicted molar refractivity (Wildman–Crippen MR) is 84.6 cm³/mol. The van der Waals surface area contributed by atoms with Gasteiger partial charge in [0.25, 0.3) is 0 Å². The van der Waals surface area contributed by atoms with Crippen molar-refractivity contribution in [1.82, 2.24) is 4.90 Å². The monoisotopic (exact) mass is 313 g/mol. The molecule has 0 spiro atoms. The number of hydrogen-bond donors (Lipinski definition) is 1. The van der Waals surface area contributed by atoms with Gasteiger partial charge in [-0.2, -0.15) is 0 Å². The van der Waals surface area contributed by atoms with E-state index in [0.29, 0.717) is 5.92 Å². The molecule has 1 saturated heterocycles. The topological polar surface area (TPSA) is 40.5 Å². The molecule has 1 rings (SSSR count). The molecule has 1 N–H and O–H groups in total. The second-order valence-electron chi connectivity index (χ2n) is 5.27. The predicted octanol–water partition coefficient (Wildman–Crippen LogP) is 3.84. The van der Waals surface area contributed by atoms with Crippen molar-refractivity contribution in [2.75, 3.05) is 19.6 Å². The van der Waals surface area contributed by atoms with Gasteiger partial charge in [-0.25, -0.2) is 0 Å². The van der Waals surface area contributed by atoms with Gasteiger partial charge in [0, 0.05) is 0 Å². The first kappa shape index (κ1) is 21.3. The number of carbonyl (C=O) groups is 1. The summed E-state index contributed by atoms with van der Waals surface area (Å²) < 4.78 is 0. The van der Waals surface area contributed by atoms with E-state index < -0.39 is 5.97 Å². The Morgan fingerprint density at radius 2 is 1.79 bits per heavy atom. The Bertz CT molecular complexity index is 231. The molecule has 1 fully saturated rings. The third-order valence-corrected chi connectivity index (χ3v) is 3.93. The third kappa shape index (κ3) is 7.38. The molecule has 19 heavy (non-hydrogen) atoms. The molecule has 0 aliphatic carbocycles. The van der Waals surface area contributed by atoms with E-state index in [9.17, 15) is 9.90 Å². The zero-order valence-corrected chi connectivity index (χ0v) is 13.8. The van der Waals surface area contributed by atoms with E-state index in [-0.39, 0.29) is 30.7 Å². The van der Waals surface area contributed by atoms with E-state index in [4.69, 9.17) is 0 Å². The van der Waals surface area contributed by atoms with Gasteiger partial charge >= 0.3 is 5.97 Å². The summed E-state index contributed by atoms with van der Waals surface area (Å²) in [5.74, 6) is -0.265. The number of halogens is 2. The van der Waals surface area contributed by atoms with E-state index in [1.54, 1.807) is 0 Å². The Kier molecular flexibility index (Phi) is 13.2. The van der Waals surface area contributed by atoms with Crippen LogP contribution in [-0.2, 0) is 4.79 Å². The first-order chi connectivity index (χ1) is 8.19. The molecule has 0 saturated carbocycles. The minimum atomic E-state index is -0.576. The molecule has 116 valence electrons. The number of piperidine rings is 1. The zero-order chi connectivity index (χ0) is 12.7. The number of carboxylic acid groups (broad SMARTS) is 1. The average molecular weight is 314 g/mol. The lowest BCUT2D eigenvalue weighted by Gasteiger charge is -2.34. The zero-order valence-electron chi connectivity index (χ0n) is 12.1. The maximum absolute atomic E-state index is 11.3. The van der Waals surface area contributed by atoms with Crippen molar-refractivity contribution in [1.29, 1.82) is 0 Å². The summed E-state index contributed by atoms with van der Waals surface area (Å²) in [7, 11) is 0. The van der Waals surface area contributed by atoms with Crippen molar-refractivity contribution >= 4 is 30.8 Å². The number of unbranched alkanes of at least 4 members (excludes halogenated alkanes) is 1. The van der Waals surface area contributed by atoms with Gasteiger partial charge in [0.2, 0.25) is 0 Å². The van der Waals surface area contributed by atoms with E-state index in [0.717, 1.165) is 45.2 Å². The number of aliphatic carboxylic acids is 1. The second-order valence-corrected chi connectivity index (χ2v) is 5.27. The van der Waals surface area contributed by atoms with Crippen molar-refractivity contribution in [3.05, 3.63) is 0 Å². The van der Waals surface area contributed by atoms with Gasteiger partial charge in [0.05, 0.1) is 5.92 Å². The van der Waals surface area contributed by atoms with Crippen molar-refractivity contribution in [2.24, 2.45) is 11.8 Å². The molecule has 1 aliphatic heterocycles. The fraction of sp³-hybridized carbons (Fsp3) is 0.929. The molecule has 1 unspecified atom stereocenters. The van der Waals surface area contributed by atoms with Crippen LogP contribution in [0.3, 0.4) is 0 Å². The number of rotatable bonds is 7. The highest BCUT2D eigenvalue weighted by atomic mass is 35.5. The lowest BCUT2D eigenvalue weighted by molar-refractivity contribution is -0.144. The van der Waals surface area contributed by atoms with Gasteiger partial charge in [0.1, 0.15) is 0 Å². The molecule has 5 heteroatoms.